The monoisotopic (exact) mass is 616 g/mol. The number of phenolic OH excluding ortho intramolecular Hbond substituents is 1. The molecule has 2 aromatic carbocycles. The molecule has 0 radical (unpaired) electrons. The molecule has 0 aliphatic heterocycles. The maximum atomic E-state index is 11.8. The number of phenols is 1. The standard InChI is InChI=1S/C18H28O4.C7H6O3.C3H8.2C2H6.H2S2/c1-6-15(7-2)18(3,4)22-16-10-8-14(9-11-16)17(19)21-13-12-20-5;8-6-3-1-5(2-4-6)7(9)10;1-3-2;3*1-2/h8-11,15H,6-7,12-13H2,1-5H3;1-4,8H,(H,9,10);3H2,1-2H3;2*1-2H3;1-2H. The third-order valence-electron chi connectivity index (χ3n) is 5.07. The lowest BCUT2D eigenvalue weighted by Crippen LogP contribution is -2.37. The van der Waals surface area contributed by atoms with Gasteiger partial charge in [0, 0.05) is 7.11 Å². The SMILES string of the molecule is CC.CC.CCC.CCC(CC)C(C)(C)Oc1ccc(C(=O)OCCOC)cc1.O=C(O)c1ccc(O)cc1.SS. The number of aromatic hydroxyl groups is 1. The molecule has 0 atom stereocenters. The molecule has 7 nitrogen and oxygen atoms in total. The van der Waals surface area contributed by atoms with Gasteiger partial charge in [-0.25, -0.2) is 9.59 Å². The van der Waals surface area contributed by atoms with Crippen molar-refractivity contribution >= 4 is 35.3 Å². The smallest absolute Gasteiger partial charge is 0.338 e. The molecule has 9 heteroatoms. The highest BCUT2D eigenvalue weighted by Crippen LogP contribution is 2.29. The van der Waals surface area contributed by atoms with Gasteiger partial charge in [-0.1, -0.05) is 61.8 Å². The van der Waals surface area contributed by atoms with Gasteiger partial charge in [-0.15, -0.1) is 23.3 Å². The van der Waals surface area contributed by atoms with Gasteiger partial charge in [0.2, 0.25) is 0 Å². The number of rotatable bonds is 10. The van der Waals surface area contributed by atoms with Crippen LogP contribution in [0.5, 0.6) is 11.5 Å². The van der Waals surface area contributed by atoms with Crippen LogP contribution in [0.2, 0.25) is 0 Å². The van der Waals surface area contributed by atoms with Gasteiger partial charge in [-0.05, 0) is 81.1 Å². The highest BCUT2D eigenvalue weighted by molar-refractivity contribution is 8.59. The summed E-state index contributed by atoms with van der Waals surface area (Å²) in [6.07, 6.45) is 3.40. The molecule has 238 valence electrons. The number of benzene rings is 2. The van der Waals surface area contributed by atoms with E-state index < -0.39 is 5.97 Å². The lowest BCUT2D eigenvalue weighted by Gasteiger charge is -2.34. The maximum absolute atomic E-state index is 11.8. The average molecular weight is 617 g/mol. The van der Waals surface area contributed by atoms with Crippen molar-refractivity contribution in [2.75, 3.05) is 20.3 Å². The van der Waals surface area contributed by atoms with E-state index in [0.29, 0.717) is 18.1 Å². The van der Waals surface area contributed by atoms with Crippen molar-refractivity contribution < 1.29 is 34.0 Å². The summed E-state index contributed by atoms with van der Waals surface area (Å²) in [6, 6.07) is 12.5. The lowest BCUT2D eigenvalue weighted by molar-refractivity contribution is 0.0382. The number of thiol groups is 2. The van der Waals surface area contributed by atoms with E-state index >= 15 is 0 Å². The van der Waals surface area contributed by atoms with Crippen LogP contribution in [0.4, 0.5) is 0 Å². The number of carbonyl (C=O) groups is 2. The molecule has 41 heavy (non-hydrogen) atoms. The number of ether oxygens (including phenoxy) is 3. The van der Waals surface area contributed by atoms with Crippen LogP contribution in [0, 0.1) is 5.92 Å². The molecule has 2 aromatic rings. The van der Waals surface area contributed by atoms with Crippen LogP contribution in [0.1, 0.15) is 109 Å². The zero-order valence-electron chi connectivity index (χ0n) is 27.1. The van der Waals surface area contributed by atoms with Crippen molar-refractivity contribution in [1.29, 1.82) is 0 Å². The van der Waals surface area contributed by atoms with Crippen molar-refractivity contribution in [3.8, 4) is 11.5 Å². The predicted octanol–water partition coefficient (Wildman–Crippen LogP) is 9.40. The van der Waals surface area contributed by atoms with E-state index in [1.165, 1.54) is 30.7 Å². The number of esters is 1. The molecule has 0 saturated heterocycles. The second kappa shape index (κ2) is 30.6. The number of carboxylic acids is 1. The van der Waals surface area contributed by atoms with E-state index in [1.54, 1.807) is 19.2 Å². The van der Waals surface area contributed by atoms with Gasteiger partial charge in [-0.2, -0.15) is 0 Å². The fourth-order valence-electron chi connectivity index (χ4n) is 3.22. The molecule has 0 saturated carbocycles. The molecule has 0 spiro atoms. The summed E-state index contributed by atoms with van der Waals surface area (Å²) in [5.41, 5.74) is 0.464. The lowest BCUT2D eigenvalue weighted by atomic mass is 9.86. The van der Waals surface area contributed by atoms with Gasteiger partial charge in [0.1, 0.15) is 23.7 Å². The minimum Gasteiger partial charge on any atom is -0.508 e. The minimum atomic E-state index is -0.986. The first-order chi connectivity index (χ1) is 19.6. The molecule has 0 aromatic heterocycles. The molecule has 0 amide bonds. The van der Waals surface area contributed by atoms with E-state index in [0.717, 1.165) is 18.6 Å². The summed E-state index contributed by atoms with van der Waals surface area (Å²) in [5.74, 6) is 0.00406. The van der Waals surface area contributed by atoms with Crippen molar-refractivity contribution in [2.24, 2.45) is 5.92 Å². The van der Waals surface area contributed by atoms with Crippen molar-refractivity contribution in [3.63, 3.8) is 0 Å². The number of hydrogen-bond acceptors (Lipinski definition) is 8. The quantitative estimate of drug-likeness (QED) is 0.0913. The Balaban J connectivity index is -0.000000298. The third kappa shape index (κ3) is 23.0. The zero-order valence-corrected chi connectivity index (χ0v) is 28.9. The van der Waals surface area contributed by atoms with E-state index in [-0.39, 0.29) is 29.5 Å². The summed E-state index contributed by atoms with van der Waals surface area (Å²) >= 11 is 6.44. The molecule has 0 heterocycles. The number of hydrogen-bond donors (Lipinski definition) is 4. The van der Waals surface area contributed by atoms with Crippen LogP contribution >= 0.6 is 23.3 Å². The fourth-order valence-corrected chi connectivity index (χ4v) is 3.22. The third-order valence-corrected chi connectivity index (χ3v) is 5.07. The number of carboxylic acid groups (broad SMARTS) is 1. The number of carbonyl (C=O) groups excluding carboxylic acids is 1. The molecule has 2 N–H and O–H groups in total. The highest BCUT2D eigenvalue weighted by Gasteiger charge is 2.28. The molecule has 0 fully saturated rings. The largest absolute Gasteiger partial charge is 0.508 e. The Hall–Kier alpha value is -2.36. The van der Waals surface area contributed by atoms with Gasteiger partial charge in [-0.3, -0.25) is 0 Å². The zero-order chi connectivity index (χ0) is 32.9. The Morgan fingerprint density at radius 2 is 1.22 bits per heavy atom. The number of methoxy groups -OCH3 is 1. The first kappa shape index (κ1) is 45.6. The summed E-state index contributed by atoms with van der Waals surface area (Å²) in [5, 5.41) is 17.1. The first-order valence-electron chi connectivity index (χ1n) is 14.2. The van der Waals surface area contributed by atoms with Crippen LogP contribution in [-0.2, 0) is 9.47 Å². The van der Waals surface area contributed by atoms with E-state index in [2.05, 4.69) is 64.9 Å². The van der Waals surface area contributed by atoms with Crippen LogP contribution in [0.15, 0.2) is 48.5 Å². The fraction of sp³-hybridized carbons (Fsp3) is 0.562. The minimum absolute atomic E-state index is 0.0741. The summed E-state index contributed by atoms with van der Waals surface area (Å²) in [4.78, 5) is 22.0. The van der Waals surface area contributed by atoms with Crippen molar-refractivity contribution in [2.45, 2.75) is 94.1 Å². The molecule has 0 aliphatic carbocycles. The second-order valence-electron chi connectivity index (χ2n) is 8.43. The summed E-state index contributed by atoms with van der Waals surface area (Å²) in [6.45, 7) is 21.5. The van der Waals surface area contributed by atoms with Gasteiger partial charge in [0.25, 0.3) is 0 Å². The molecule has 0 aliphatic rings. The number of aromatic carboxylic acids is 1. The van der Waals surface area contributed by atoms with Crippen molar-refractivity contribution in [1.82, 2.24) is 0 Å². The van der Waals surface area contributed by atoms with Gasteiger partial charge >= 0.3 is 11.9 Å². The van der Waals surface area contributed by atoms with Gasteiger partial charge in [0.05, 0.1) is 17.7 Å². The summed E-state index contributed by atoms with van der Waals surface area (Å²) in [7, 11) is 1.57. The Labute approximate surface area is 260 Å². The topological polar surface area (TPSA) is 102 Å². The van der Waals surface area contributed by atoms with Crippen LogP contribution in [-0.4, -0.2) is 48.1 Å². The predicted molar refractivity (Wildman–Crippen MR) is 179 cm³/mol. The van der Waals surface area contributed by atoms with E-state index in [1.807, 2.05) is 39.8 Å². The molecular weight excluding hydrogens is 560 g/mol. The Morgan fingerprint density at radius 1 is 0.805 bits per heavy atom. The Bertz CT molecular complexity index is 851. The average Bonchev–Trinajstić information content (AvgIpc) is 2.98. The van der Waals surface area contributed by atoms with Gasteiger partial charge < -0.3 is 24.4 Å². The highest BCUT2D eigenvalue weighted by atomic mass is 33.1. The molecular formula is C32H56O7S2. The normalized spacial score (nSPS) is 9.32. The van der Waals surface area contributed by atoms with Crippen LogP contribution in [0.25, 0.3) is 0 Å². The first-order valence-corrected chi connectivity index (χ1v) is 15.8. The van der Waals surface area contributed by atoms with E-state index in [9.17, 15) is 9.59 Å². The van der Waals surface area contributed by atoms with Crippen LogP contribution in [0.3, 0.4) is 0 Å². The molecule has 0 unspecified atom stereocenters. The summed E-state index contributed by atoms with van der Waals surface area (Å²) < 4.78 is 16.0. The van der Waals surface area contributed by atoms with Gasteiger partial charge in [0.15, 0.2) is 0 Å². The van der Waals surface area contributed by atoms with Crippen LogP contribution < -0.4 is 4.74 Å². The maximum Gasteiger partial charge on any atom is 0.338 e. The Kier molecular flexibility index (Phi) is 34.0. The van der Waals surface area contributed by atoms with E-state index in [4.69, 9.17) is 24.4 Å². The molecule has 0 bridgehead atoms. The Morgan fingerprint density at radius 3 is 1.59 bits per heavy atom. The molecule has 2 rings (SSSR count). The second-order valence-corrected chi connectivity index (χ2v) is 8.43. The van der Waals surface area contributed by atoms with Crippen molar-refractivity contribution in [3.05, 3.63) is 59.7 Å².